The molecule has 1 saturated heterocycles. The first-order valence-electron chi connectivity index (χ1n) is 13.9. The maximum atomic E-state index is 13.7. The number of benzene rings is 2. The van der Waals surface area contributed by atoms with Crippen LogP contribution in [0, 0.1) is 0 Å². The molecule has 2 aromatic carbocycles. The van der Waals surface area contributed by atoms with E-state index in [9.17, 15) is 26.4 Å². The summed E-state index contributed by atoms with van der Waals surface area (Å²) in [5.41, 5.74) is 1.35. The van der Waals surface area contributed by atoms with Gasteiger partial charge in [-0.05, 0) is 70.0 Å². The van der Waals surface area contributed by atoms with Crippen LogP contribution in [-0.4, -0.2) is 64.8 Å². The van der Waals surface area contributed by atoms with E-state index in [2.05, 4.69) is 28.8 Å². The van der Waals surface area contributed by atoms with Crippen molar-refractivity contribution < 1.29 is 31.1 Å². The number of carbonyl (C=O) groups excluding carboxylic acids is 1. The van der Waals surface area contributed by atoms with Crippen molar-refractivity contribution in [1.82, 2.24) is 19.5 Å². The van der Waals surface area contributed by atoms with Crippen molar-refractivity contribution >= 4 is 27.5 Å². The van der Waals surface area contributed by atoms with E-state index in [-0.39, 0.29) is 23.7 Å². The fourth-order valence-corrected chi connectivity index (χ4v) is 6.27. The minimum absolute atomic E-state index is 0.0505. The highest BCUT2D eigenvalue weighted by Crippen LogP contribution is 2.37. The summed E-state index contributed by atoms with van der Waals surface area (Å²) < 4.78 is 71.5. The molecular weight excluding hydrogens is 597 g/mol. The zero-order valence-corrected chi connectivity index (χ0v) is 25.6. The van der Waals surface area contributed by atoms with Crippen LogP contribution in [0.25, 0.3) is 27.9 Å². The lowest BCUT2D eigenvalue weighted by Gasteiger charge is -2.45. The Bertz CT molecular complexity index is 1810. The first kappa shape index (κ1) is 31.3. The smallest absolute Gasteiger partial charge is 0.417 e. The second kappa shape index (κ2) is 11.1. The molecule has 2 aromatic heterocycles. The molecule has 5 rings (SSSR count). The Morgan fingerprint density at radius 1 is 0.955 bits per heavy atom. The molecule has 10 nitrogen and oxygen atoms in total. The van der Waals surface area contributed by atoms with Crippen LogP contribution in [0.3, 0.4) is 0 Å². The molecule has 0 saturated carbocycles. The predicted octanol–water partition coefficient (Wildman–Crippen LogP) is 5.56. The minimum Gasteiger partial charge on any atom is -0.444 e. The number of ether oxygens (including phenoxy) is 1. The Balaban J connectivity index is 1.37. The number of anilines is 1. The third-order valence-electron chi connectivity index (χ3n) is 7.33. The lowest BCUT2D eigenvalue weighted by Crippen LogP contribution is -2.58. The van der Waals surface area contributed by atoms with Crippen LogP contribution in [0.15, 0.2) is 66.0 Å². The molecule has 44 heavy (non-hydrogen) atoms. The van der Waals surface area contributed by atoms with Crippen LogP contribution in [-0.2, 0) is 20.9 Å². The number of rotatable bonds is 4. The van der Waals surface area contributed by atoms with E-state index in [1.165, 1.54) is 16.8 Å². The zero-order chi connectivity index (χ0) is 32.2. The largest absolute Gasteiger partial charge is 0.444 e. The van der Waals surface area contributed by atoms with Crippen LogP contribution in [0.4, 0.5) is 23.7 Å². The van der Waals surface area contributed by atoms with Crippen molar-refractivity contribution in [3.63, 3.8) is 0 Å². The number of primary sulfonamides is 1. The van der Waals surface area contributed by atoms with Crippen molar-refractivity contribution in [1.29, 1.82) is 0 Å². The standard InChI is InChI=1S/C30H33F3N6O4S/c1-18-15-37(28(40)43-29(3,4)5)16-19(2)39(18)23-9-6-20(7-10-23)22-13-35-27-24(14-36-38(27)17-22)21-8-11-26(44(34,41)42)25(12-21)30(31,32)33/h6-14,17-19H,15-16H2,1-5H3,(H2,34,41,42)/t18-,19+. The van der Waals surface area contributed by atoms with Crippen LogP contribution in [0.1, 0.15) is 40.2 Å². The van der Waals surface area contributed by atoms with Crippen LogP contribution in [0.2, 0.25) is 0 Å². The van der Waals surface area contributed by atoms with Crippen molar-refractivity contribution in [2.45, 2.75) is 63.4 Å². The maximum absolute atomic E-state index is 13.7. The number of hydrogen-bond donors (Lipinski definition) is 1. The van der Waals surface area contributed by atoms with Crippen molar-refractivity contribution in [3.8, 4) is 22.3 Å². The monoisotopic (exact) mass is 630 g/mol. The van der Waals surface area contributed by atoms with Gasteiger partial charge in [0.1, 0.15) is 5.60 Å². The summed E-state index contributed by atoms with van der Waals surface area (Å²) in [7, 11) is -4.59. The van der Waals surface area contributed by atoms with Crippen LogP contribution in [0.5, 0.6) is 0 Å². The molecule has 2 N–H and O–H groups in total. The quantitative estimate of drug-likeness (QED) is 0.313. The molecule has 2 atom stereocenters. The predicted molar refractivity (Wildman–Crippen MR) is 159 cm³/mol. The molecule has 14 heteroatoms. The van der Waals surface area contributed by atoms with Crippen molar-refractivity contribution in [2.75, 3.05) is 18.0 Å². The van der Waals surface area contributed by atoms with Crippen LogP contribution >= 0.6 is 0 Å². The lowest BCUT2D eigenvalue weighted by atomic mass is 10.0. The summed E-state index contributed by atoms with van der Waals surface area (Å²) in [5.74, 6) is 0. The zero-order valence-electron chi connectivity index (χ0n) is 24.8. The average molecular weight is 631 g/mol. The SMILES string of the molecule is C[C@@H]1CN(C(=O)OC(C)(C)C)C[C@H](C)N1c1ccc(-c2cnc3c(-c4ccc(S(N)(=O)=O)c(C(F)(F)F)c4)cnn3c2)cc1. The van der Waals surface area contributed by atoms with E-state index >= 15 is 0 Å². The molecule has 0 spiro atoms. The summed E-state index contributed by atoms with van der Waals surface area (Å²) in [6.07, 6.45) is -0.564. The van der Waals surface area contributed by atoms with E-state index in [0.717, 1.165) is 28.9 Å². The number of hydrogen-bond acceptors (Lipinski definition) is 7. The maximum Gasteiger partial charge on any atom is 0.417 e. The van der Waals surface area contributed by atoms with Gasteiger partial charge in [-0.2, -0.15) is 18.3 Å². The van der Waals surface area contributed by atoms with Gasteiger partial charge in [0, 0.05) is 54.4 Å². The van der Waals surface area contributed by atoms with E-state index in [4.69, 9.17) is 9.88 Å². The van der Waals surface area contributed by atoms with Gasteiger partial charge in [0.05, 0.1) is 16.7 Å². The van der Waals surface area contributed by atoms with Gasteiger partial charge in [-0.25, -0.2) is 27.9 Å². The molecule has 0 unspecified atom stereocenters. The normalized spacial score (nSPS) is 18.1. The second-order valence-electron chi connectivity index (χ2n) is 12.0. The molecular formula is C30H33F3N6O4S. The number of piperazine rings is 1. The number of halogens is 3. The first-order chi connectivity index (χ1) is 20.4. The Kier molecular flexibility index (Phi) is 7.87. The number of sulfonamides is 1. The van der Waals surface area contributed by atoms with Gasteiger partial charge in [-0.15, -0.1) is 0 Å². The van der Waals surface area contributed by atoms with Gasteiger partial charge >= 0.3 is 12.3 Å². The van der Waals surface area contributed by atoms with E-state index in [0.29, 0.717) is 24.3 Å². The molecule has 1 aliphatic heterocycles. The number of carbonyl (C=O) groups is 1. The first-order valence-corrected chi connectivity index (χ1v) is 15.4. The molecule has 234 valence electrons. The highest BCUT2D eigenvalue weighted by atomic mass is 32.2. The van der Waals surface area contributed by atoms with E-state index in [1.807, 2.05) is 45.0 Å². The third kappa shape index (κ3) is 6.36. The Morgan fingerprint density at radius 3 is 2.14 bits per heavy atom. The Morgan fingerprint density at radius 2 is 1.57 bits per heavy atom. The fourth-order valence-electron chi connectivity index (χ4n) is 5.53. The number of aromatic nitrogens is 3. The molecule has 0 radical (unpaired) electrons. The molecule has 1 fully saturated rings. The summed E-state index contributed by atoms with van der Waals surface area (Å²) >= 11 is 0. The molecule has 1 aliphatic rings. The van der Waals surface area contributed by atoms with E-state index in [1.54, 1.807) is 17.3 Å². The Hall–Kier alpha value is -4.17. The summed E-state index contributed by atoms with van der Waals surface area (Å²) in [6, 6.07) is 10.8. The highest BCUT2D eigenvalue weighted by Gasteiger charge is 2.37. The third-order valence-corrected chi connectivity index (χ3v) is 8.30. The van der Waals surface area contributed by atoms with Gasteiger partial charge in [-0.3, -0.25) is 0 Å². The molecule has 3 heterocycles. The van der Waals surface area contributed by atoms with Crippen molar-refractivity contribution in [2.24, 2.45) is 5.14 Å². The highest BCUT2D eigenvalue weighted by molar-refractivity contribution is 7.89. The molecule has 0 aliphatic carbocycles. The fraction of sp³-hybridized carbons (Fsp3) is 0.367. The summed E-state index contributed by atoms with van der Waals surface area (Å²) in [5, 5.41) is 9.28. The van der Waals surface area contributed by atoms with Gasteiger partial charge in [0.2, 0.25) is 10.0 Å². The van der Waals surface area contributed by atoms with Gasteiger partial charge in [0.25, 0.3) is 0 Å². The Labute approximate surface area is 253 Å². The molecule has 4 aromatic rings. The number of nitrogens with two attached hydrogens (primary N) is 1. The number of alkyl halides is 3. The second-order valence-corrected chi connectivity index (χ2v) is 13.5. The number of fused-ring (bicyclic) bond motifs is 1. The molecule has 1 amide bonds. The minimum atomic E-state index is -4.94. The van der Waals surface area contributed by atoms with Gasteiger partial charge in [-0.1, -0.05) is 18.2 Å². The average Bonchev–Trinajstić information content (AvgIpc) is 3.34. The topological polar surface area (TPSA) is 123 Å². The van der Waals surface area contributed by atoms with Gasteiger partial charge < -0.3 is 14.5 Å². The lowest BCUT2D eigenvalue weighted by molar-refractivity contribution is -0.139. The summed E-state index contributed by atoms with van der Waals surface area (Å²) in [4.78, 5) is 20.1. The molecule has 0 bridgehead atoms. The number of nitrogens with zero attached hydrogens (tertiary/aromatic N) is 5. The van der Waals surface area contributed by atoms with Crippen molar-refractivity contribution in [3.05, 3.63) is 66.6 Å². The van der Waals surface area contributed by atoms with Gasteiger partial charge in [0.15, 0.2) is 5.65 Å². The summed E-state index contributed by atoms with van der Waals surface area (Å²) in [6.45, 7) is 10.7. The van der Waals surface area contributed by atoms with E-state index < -0.39 is 32.3 Å². The number of amides is 1. The van der Waals surface area contributed by atoms with Crippen LogP contribution < -0.4 is 10.0 Å².